The van der Waals surface area contributed by atoms with Crippen LogP contribution in [-0.4, -0.2) is 49.5 Å². The molecule has 0 bridgehead atoms. The van der Waals surface area contributed by atoms with Crippen molar-refractivity contribution in [2.24, 2.45) is 0 Å². The van der Waals surface area contributed by atoms with E-state index >= 15 is 0 Å². The SMILES string of the molecule is CCC(=O)N1CCN(c2ccc(Cl)cc2NC(=O)COc2ccc(C3CCCCC3)cc2)CC1. The predicted molar refractivity (Wildman–Crippen MR) is 137 cm³/mol. The van der Waals surface area contributed by atoms with Gasteiger partial charge in [0.15, 0.2) is 6.61 Å². The first-order valence-electron chi connectivity index (χ1n) is 12.4. The average molecular weight is 484 g/mol. The number of nitrogens with one attached hydrogen (secondary N) is 1. The van der Waals surface area contributed by atoms with Crippen molar-refractivity contribution >= 4 is 34.8 Å². The quantitative estimate of drug-likeness (QED) is 0.567. The zero-order chi connectivity index (χ0) is 23.9. The average Bonchev–Trinajstić information content (AvgIpc) is 2.88. The predicted octanol–water partition coefficient (Wildman–Crippen LogP) is 5.46. The molecule has 182 valence electrons. The maximum atomic E-state index is 12.7. The molecule has 0 atom stereocenters. The maximum Gasteiger partial charge on any atom is 0.262 e. The summed E-state index contributed by atoms with van der Waals surface area (Å²) in [6, 6.07) is 13.7. The van der Waals surface area contributed by atoms with E-state index in [0.29, 0.717) is 55.0 Å². The van der Waals surface area contributed by atoms with Gasteiger partial charge in [0, 0.05) is 37.6 Å². The molecule has 1 heterocycles. The second-order valence-corrected chi connectivity index (χ2v) is 9.56. The highest BCUT2D eigenvalue weighted by atomic mass is 35.5. The highest BCUT2D eigenvalue weighted by Gasteiger charge is 2.22. The number of hydrogen-bond donors (Lipinski definition) is 1. The second-order valence-electron chi connectivity index (χ2n) is 9.12. The third kappa shape index (κ3) is 6.23. The largest absolute Gasteiger partial charge is 0.484 e. The van der Waals surface area contributed by atoms with Gasteiger partial charge in [0.25, 0.3) is 5.91 Å². The number of rotatable bonds is 7. The van der Waals surface area contributed by atoms with Gasteiger partial charge in [-0.1, -0.05) is 49.9 Å². The Bertz CT molecular complexity index is 981. The zero-order valence-corrected chi connectivity index (χ0v) is 20.7. The molecular formula is C27H34ClN3O3. The summed E-state index contributed by atoms with van der Waals surface area (Å²) in [5.74, 6) is 1.28. The van der Waals surface area contributed by atoms with Crippen LogP contribution < -0.4 is 15.0 Å². The van der Waals surface area contributed by atoms with Crippen LogP contribution in [0.2, 0.25) is 5.02 Å². The van der Waals surface area contributed by atoms with Crippen molar-refractivity contribution in [2.45, 2.75) is 51.4 Å². The number of carbonyl (C=O) groups excluding carboxylic acids is 2. The molecule has 0 unspecified atom stereocenters. The summed E-state index contributed by atoms with van der Waals surface area (Å²) in [7, 11) is 0. The lowest BCUT2D eigenvalue weighted by Gasteiger charge is -2.37. The first kappa shape index (κ1) is 24.4. The lowest BCUT2D eigenvalue weighted by Crippen LogP contribution is -2.48. The Morgan fingerprint density at radius 1 is 1.00 bits per heavy atom. The molecule has 2 aromatic rings. The molecule has 1 aliphatic heterocycles. The molecule has 1 aliphatic carbocycles. The van der Waals surface area contributed by atoms with Gasteiger partial charge in [-0.05, 0) is 54.7 Å². The van der Waals surface area contributed by atoms with Crippen LogP contribution in [0, 0.1) is 0 Å². The number of piperazine rings is 1. The molecule has 6 nitrogen and oxygen atoms in total. The van der Waals surface area contributed by atoms with Crippen molar-refractivity contribution in [3.05, 3.63) is 53.1 Å². The summed E-state index contributed by atoms with van der Waals surface area (Å²) in [6.45, 7) is 4.56. The van der Waals surface area contributed by atoms with E-state index in [1.807, 2.05) is 36.1 Å². The van der Waals surface area contributed by atoms with Gasteiger partial charge in [-0.15, -0.1) is 0 Å². The molecule has 0 spiro atoms. The monoisotopic (exact) mass is 483 g/mol. The van der Waals surface area contributed by atoms with Gasteiger partial charge in [0.2, 0.25) is 5.91 Å². The van der Waals surface area contributed by atoms with E-state index in [4.69, 9.17) is 16.3 Å². The zero-order valence-electron chi connectivity index (χ0n) is 19.9. The van der Waals surface area contributed by atoms with Crippen molar-refractivity contribution in [2.75, 3.05) is 43.0 Å². The Morgan fingerprint density at radius 3 is 2.38 bits per heavy atom. The third-order valence-corrected chi connectivity index (χ3v) is 7.07. The first-order valence-corrected chi connectivity index (χ1v) is 12.8. The Balaban J connectivity index is 1.33. The standard InChI is InChI=1S/C27H34ClN3O3/c1-2-27(33)31-16-14-30(15-17-31)25-13-10-22(28)18-24(25)29-26(32)19-34-23-11-8-21(9-12-23)20-6-4-3-5-7-20/h8-13,18,20H,2-7,14-17,19H2,1H3,(H,29,32). The summed E-state index contributed by atoms with van der Waals surface area (Å²) in [5.41, 5.74) is 2.92. The van der Waals surface area contributed by atoms with E-state index in [2.05, 4.69) is 22.3 Å². The molecule has 1 saturated heterocycles. The van der Waals surface area contributed by atoms with E-state index < -0.39 is 0 Å². The highest BCUT2D eigenvalue weighted by Crippen LogP contribution is 2.33. The molecule has 0 radical (unpaired) electrons. The molecule has 2 amide bonds. The minimum Gasteiger partial charge on any atom is -0.484 e. The van der Waals surface area contributed by atoms with Crippen molar-refractivity contribution in [1.29, 1.82) is 0 Å². The Labute approximate surface area is 207 Å². The molecule has 34 heavy (non-hydrogen) atoms. The van der Waals surface area contributed by atoms with Crippen LogP contribution in [-0.2, 0) is 9.59 Å². The summed E-state index contributed by atoms with van der Waals surface area (Å²) in [4.78, 5) is 28.7. The molecule has 1 N–H and O–H groups in total. The topological polar surface area (TPSA) is 61.9 Å². The van der Waals surface area contributed by atoms with Gasteiger partial charge in [-0.25, -0.2) is 0 Å². The number of benzene rings is 2. The van der Waals surface area contributed by atoms with Crippen LogP contribution in [0.1, 0.15) is 56.9 Å². The molecule has 2 aliphatic rings. The minimum absolute atomic E-state index is 0.0759. The number of carbonyl (C=O) groups is 2. The van der Waals surface area contributed by atoms with Gasteiger partial charge in [-0.2, -0.15) is 0 Å². The van der Waals surface area contributed by atoms with Gasteiger partial charge in [0.1, 0.15) is 5.75 Å². The van der Waals surface area contributed by atoms with Gasteiger partial charge < -0.3 is 19.9 Å². The number of ether oxygens (including phenoxy) is 1. The smallest absolute Gasteiger partial charge is 0.262 e. The molecular weight excluding hydrogens is 450 g/mol. The number of amides is 2. The van der Waals surface area contributed by atoms with Gasteiger partial charge >= 0.3 is 0 Å². The Kier molecular flexibility index (Phi) is 8.33. The maximum absolute atomic E-state index is 12.7. The van der Waals surface area contributed by atoms with Crippen molar-refractivity contribution in [1.82, 2.24) is 4.90 Å². The van der Waals surface area contributed by atoms with E-state index in [0.717, 1.165) is 5.69 Å². The van der Waals surface area contributed by atoms with Gasteiger partial charge in [0.05, 0.1) is 11.4 Å². The Hall–Kier alpha value is -2.73. The van der Waals surface area contributed by atoms with Crippen LogP contribution in [0.15, 0.2) is 42.5 Å². The van der Waals surface area contributed by atoms with Crippen LogP contribution in [0.5, 0.6) is 5.75 Å². The lowest BCUT2D eigenvalue weighted by atomic mass is 9.84. The fourth-order valence-corrected chi connectivity index (χ4v) is 5.08. The number of hydrogen-bond acceptors (Lipinski definition) is 4. The molecule has 7 heteroatoms. The lowest BCUT2D eigenvalue weighted by molar-refractivity contribution is -0.131. The second kappa shape index (κ2) is 11.6. The first-order chi connectivity index (χ1) is 16.5. The number of anilines is 2. The Morgan fingerprint density at radius 2 is 1.71 bits per heavy atom. The molecule has 2 aromatic carbocycles. The van der Waals surface area contributed by atoms with E-state index in [9.17, 15) is 9.59 Å². The molecule has 2 fully saturated rings. The summed E-state index contributed by atoms with van der Waals surface area (Å²) in [6.07, 6.45) is 6.99. The van der Waals surface area contributed by atoms with Crippen molar-refractivity contribution in [3.63, 3.8) is 0 Å². The van der Waals surface area contributed by atoms with Crippen LogP contribution in [0.25, 0.3) is 0 Å². The summed E-state index contributed by atoms with van der Waals surface area (Å²) >= 11 is 6.22. The number of nitrogens with zero attached hydrogens (tertiary/aromatic N) is 2. The fourth-order valence-electron chi connectivity index (χ4n) is 4.91. The summed E-state index contributed by atoms with van der Waals surface area (Å²) < 4.78 is 5.75. The highest BCUT2D eigenvalue weighted by molar-refractivity contribution is 6.31. The fraction of sp³-hybridized carbons (Fsp3) is 0.481. The van der Waals surface area contributed by atoms with Crippen LogP contribution in [0.4, 0.5) is 11.4 Å². The normalized spacial score (nSPS) is 16.9. The number of halogens is 1. The molecule has 4 rings (SSSR count). The van der Waals surface area contributed by atoms with Crippen LogP contribution in [0.3, 0.4) is 0 Å². The van der Waals surface area contributed by atoms with Crippen LogP contribution >= 0.6 is 11.6 Å². The third-order valence-electron chi connectivity index (χ3n) is 6.83. The minimum atomic E-state index is -0.236. The van der Waals surface area contributed by atoms with Crippen molar-refractivity contribution in [3.8, 4) is 5.75 Å². The molecule has 1 saturated carbocycles. The summed E-state index contributed by atoms with van der Waals surface area (Å²) in [5, 5.41) is 3.51. The van der Waals surface area contributed by atoms with Gasteiger partial charge in [-0.3, -0.25) is 9.59 Å². The van der Waals surface area contributed by atoms with E-state index in [1.54, 1.807) is 6.07 Å². The molecule has 0 aromatic heterocycles. The van der Waals surface area contributed by atoms with E-state index in [-0.39, 0.29) is 18.4 Å². The van der Waals surface area contributed by atoms with Crippen molar-refractivity contribution < 1.29 is 14.3 Å². The van der Waals surface area contributed by atoms with E-state index in [1.165, 1.54) is 37.7 Å².